The number of nitrogens with zero attached hydrogens (tertiary/aromatic N) is 1. The zero-order chi connectivity index (χ0) is 33.2. The summed E-state index contributed by atoms with van der Waals surface area (Å²) in [7, 11) is 0. The first-order valence-electron chi connectivity index (χ1n) is 15.3. The van der Waals surface area contributed by atoms with Crippen molar-refractivity contribution in [1.82, 2.24) is 15.5 Å². The van der Waals surface area contributed by atoms with Crippen molar-refractivity contribution in [3.63, 3.8) is 0 Å². The van der Waals surface area contributed by atoms with E-state index >= 15 is 0 Å². The zero-order valence-electron chi connectivity index (χ0n) is 27.0. The Morgan fingerprint density at radius 1 is 1.02 bits per heavy atom. The number of ether oxygens (including phenoxy) is 2. The molecule has 10 heteroatoms. The Bertz CT molecular complexity index is 1410. The molecule has 10 nitrogen and oxygen atoms in total. The number of alkyl carbamates (subject to hydrolysis) is 1. The Labute approximate surface area is 265 Å². The van der Waals surface area contributed by atoms with Gasteiger partial charge in [-0.1, -0.05) is 81.4 Å². The monoisotopic (exact) mass is 619 g/mol. The lowest BCUT2D eigenvalue weighted by atomic mass is 9.85. The highest BCUT2D eigenvalue weighted by Crippen LogP contribution is 2.45. The van der Waals surface area contributed by atoms with Crippen molar-refractivity contribution in [1.29, 1.82) is 0 Å². The van der Waals surface area contributed by atoms with Crippen LogP contribution in [-0.4, -0.2) is 69.8 Å². The Morgan fingerprint density at radius 3 is 2.18 bits per heavy atom. The van der Waals surface area contributed by atoms with Gasteiger partial charge < -0.3 is 30.1 Å². The topological polar surface area (TPSA) is 134 Å². The number of aliphatic carboxylic acids is 1. The third-order valence-electron chi connectivity index (χ3n) is 8.20. The number of carbonyl (C=O) groups is 4. The van der Waals surface area contributed by atoms with Crippen LogP contribution in [0.15, 0.2) is 67.3 Å². The Morgan fingerprint density at radius 2 is 1.64 bits per heavy atom. The van der Waals surface area contributed by atoms with Crippen LogP contribution >= 0.6 is 0 Å². The number of carboxylic acids is 1. The number of carbonyl (C=O) groups excluding carboxylic acids is 3. The van der Waals surface area contributed by atoms with Crippen LogP contribution in [-0.2, 0) is 30.5 Å². The van der Waals surface area contributed by atoms with Crippen LogP contribution in [0.4, 0.5) is 4.79 Å². The summed E-state index contributed by atoms with van der Waals surface area (Å²) in [6.07, 6.45) is 0.649. The Kier molecular flexibility index (Phi) is 9.77. The Balaban J connectivity index is 1.53. The van der Waals surface area contributed by atoms with Gasteiger partial charge in [0.05, 0.1) is 12.7 Å². The summed E-state index contributed by atoms with van der Waals surface area (Å²) >= 11 is 0. The van der Waals surface area contributed by atoms with Gasteiger partial charge in [0.15, 0.2) is 0 Å². The van der Waals surface area contributed by atoms with Gasteiger partial charge in [-0.3, -0.25) is 9.59 Å². The molecule has 242 valence electrons. The van der Waals surface area contributed by atoms with Crippen LogP contribution in [0, 0.1) is 11.3 Å². The first kappa shape index (κ1) is 33.7. The minimum atomic E-state index is -1.45. The molecule has 1 aliphatic carbocycles. The van der Waals surface area contributed by atoms with Crippen molar-refractivity contribution in [2.75, 3.05) is 6.54 Å². The lowest BCUT2D eigenvalue weighted by Gasteiger charge is -2.36. The predicted octanol–water partition coefficient (Wildman–Crippen LogP) is 4.92. The quantitative estimate of drug-likeness (QED) is 0.321. The van der Waals surface area contributed by atoms with E-state index < -0.39 is 64.5 Å². The maximum Gasteiger partial charge on any atom is 0.408 e. The number of likely N-dealkylation sites (tertiary alicyclic amines) is 1. The number of nitrogens with one attached hydrogen (secondary N) is 2. The molecular weight excluding hydrogens is 574 g/mol. The van der Waals surface area contributed by atoms with Gasteiger partial charge in [-0.25, -0.2) is 9.59 Å². The molecule has 5 atom stereocenters. The zero-order valence-corrected chi connectivity index (χ0v) is 27.0. The van der Waals surface area contributed by atoms with E-state index in [0.717, 1.165) is 16.7 Å². The third kappa shape index (κ3) is 8.11. The van der Waals surface area contributed by atoms with Crippen LogP contribution < -0.4 is 10.6 Å². The van der Waals surface area contributed by atoms with Crippen LogP contribution in [0.25, 0.3) is 11.1 Å². The number of benzene rings is 2. The van der Waals surface area contributed by atoms with Gasteiger partial charge in [-0.15, -0.1) is 6.58 Å². The molecule has 0 bridgehead atoms. The molecule has 2 aromatic carbocycles. The van der Waals surface area contributed by atoms with Crippen LogP contribution in [0.1, 0.15) is 59.9 Å². The molecule has 1 saturated carbocycles. The third-order valence-corrected chi connectivity index (χ3v) is 8.20. The second kappa shape index (κ2) is 13.0. The molecule has 1 heterocycles. The van der Waals surface area contributed by atoms with E-state index in [4.69, 9.17) is 9.47 Å². The summed E-state index contributed by atoms with van der Waals surface area (Å²) < 4.78 is 11.6. The van der Waals surface area contributed by atoms with Crippen LogP contribution in [0.2, 0.25) is 0 Å². The van der Waals surface area contributed by atoms with Gasteiger partial charge in [0.1, 0.15) is 23.2 Å². The van der Waals surface area contributed by atoms with Crippen LogP contribution in [0.3, 0.4) is 0 Å². The van der Waals surface area contributed by atoms with E-state index in [1.165, 1.54) is 11.0 Å². The predicted molar refractivity (Wildman–Crippen MR) is 170 cm³/mol. The van der Waals surface area contributed by atoms with Gasteiger partial charge in [0.2, 0.25) is 11.8 Å². The molecule has 2 fully saturated rings. The highest BCUT2D eigenvalue weighted by molar-refractivity contribution is 5.96. The number of carboxylic acid groups (broad SMARTS) is 1. The molecule has 0 spiro atoms. The van der Waals surface area contributed by atoms with Gasteiger partial charge >= 0.3 is 12.1 Å². The highest BCUT2D eigenvalue weighted by Gasteiger charge is 2.61. The molecule has 2 aromatic rings. The number of hydrogen-bond acceptors (Lipinski definition) is 6. The molecule has 3 N–H and O–H groups in total. The second-order valence-electron chi connectivity index (χ2n) is 14.0. The SMILES string of the molecule is C=C[C@@H]1C[C@@]1(NC(=O)[C@@H]1C[C@@H](OCc2ccc(-c3ccccc3)cc2)CN1C(=O)[C@@H](NC(=O)OC(C)(C)C)C(C)(C)C)C(=O)O. The average molecular weight is 620 g/mol. The van der Waals surface area contributed by atoms with Gasteiger partial charge in [-0.05, 0) is 49.3 Å². The summed E-state index contributed by atoms with van der Waals surface area (Å²) in [5.74, 6) is -2.63. The van der Waals surface area contributed by atoms with Crippen molar-refractivity contribution < 1.29 is 33.8 Å². The molecule has 0 unspecified atom stereocenters. The van der Waals surface area contributed by atoms with E-state index in [1.54, 1.807) is 20.8 Å². The number of amides is 3. The van der Waals surface area contributed by atoms with Crippen molar-refractivity contribution in [2.24, 2.45) is 11.3 Å². The highest BCUT2D eigenvalue weighted by atomic mass is 16.6. The molecule has 3 amide bonds. The van der Waals surface area contributed by atoms with Crippen molar-refractivity contribution in [3.8, 4) is 11.1 Å². The van der Waals surface area contributed by atoms with Crippen molar-refractivity contribution in [2.45, 2.75) is 90.3 Å². The van der Waals surface area contributed by atoms with E-state index in [9.17, 15) is 24.3 Å². The molecule has 45 heavy (non-hydrogen) atoms. The first-order chi connectivity index (χ1) is 21.0. The first-order valence-corrected chi connectivity index (χ1v) is 15.3. The standard InChI is InChI=1S/C35H45N3O7/c1-8-25-19-35(25,31(41)42)37-29(39)27-18-26(44-21-22-14-16-24(17-15-22)23-12-10-9-11-13-23)20-38(27)30(40)28(33(2,3)4)36-32(43)45-34(5,6)7/h8-17,25-28H,1,18-21H2,2-7H3,(H,36,43)(H,37,39)(H,41,42)/t25-,26-,27+,28-,35+/m1/s1. The minimum Gasteiger partial charge on any atom is -0.479 e. The second-order valence-corrected chi connectivity index (χ2v) is 14.0. The summed E-state index contributed by atoms with van der Waals surface area (Å²) in [4.78, 5) is 54.1. The number of rotatable bonds is 10. The largest absolute Gasteiger partial charge is 0.479 e. The minimum absolute atomic E-state index is 0.0898. The van der Waals surface area contributed by atoms with Crippen LogP contribution in [0.5, 0.6) is 0 Å². The summed E-state index contributed by atoms with van der Waals surface area (Å²) in [5.41, 5.74) is 0.138. The summed E-state index contributed by atoms with van der Waals surface area (Å²) in [6.45, 7) is 14.6. The van der Waals surface area contributed by atoms with Gasteiger partial charge in [-0.2, -0.15) is 0 Å². The molecule has 1 saturated heterocycles. The summed E-state index contributed by atoms with van der Waals surface area (Å²) in [6, 6.07) is 16.0. The van der Waals surface area contributed by atoms with E-state index in [1.807, 2.05) is 75.4 Å². The summed E-state index contributed by atoms with van der Waals surface area (Å²) in [5, 5.41) is 15.3. The average Bonchev–Trinajstić information content (AvgIpc) is 3.52. The van der Waals surface area contributed by atoms with E-state index in [2.05, 4.69) is 17.2 Å². The molecular formula is C35H45N3O7. The van der Waals surface area contributed by atoms with Crippen molar-refractivity contribution >= 4 is 23.9 Å². The fourth-order valence-corrected chi connectivity index (χ4v) is 5.61. The maximum absolute atomic E-state index is 14.1. The number of hydrogen-bond donors (Lipinski definition) is 3. The van der Waals surface area contributed by atoms with Gasteiger partial charge in [0, 0.05) is 18.9 Å². The van der Waals surface area contributed by atoms with E-state index in [-0.39, 0.29) is 26.0 Å². The molecule has 1 aliphatic heterocycles. The van der Waals surface area contributed by atoms with E-state index in [0.29, 0.717) is 0 Å². The smallest absolute Gasteiger partial charge is 0.408 e. The molecule has 4 rings (SSSR count). The molecule has 0 radical (unpaired) electrons. The lowest BCUT2D eigenvalue weighted by molar-refractivity contribution is -0.146. The maximum atomic E-state index is 14.1. The fourth-order valence-electron chi connectivity index (χ4n) is 5.61. The fraction of sp³-hybridized carbons (Fsp3) is 0.486. The van der Waals surface area contributed by atoms with Crippen molar-refractivity contribution in [3.05, 3.63) is 72.8 Å². The molecule has 2 aliphatic rings. The molecule has 0 aromatic heterocycles. The lowest BCUT2D eigenvalue weighted by Crippen LogP contribution is -2.59. The normalized spacial score (nSPS) is 23.5. The Hall–Kier alpha value is -4.18. The van der Waals surface area contributed by atoms with Gasteiger partial charge in [0.25, 0.3) is 0 Å².